The maximum absolute atomic E-state index is 13.2. The molecule has 1 fully saturated rings. The Morgan fingerprint density at radius 2 is 1.94 bits per heavy atom. The Kier molecular flexibility index (Phi) is 5.36. The highest BCUT2D eigenvalue weighted by atomic mass is 19.1. The fourth-order valence-electron chi connectivity index (χ4n) is 4.64. The monoisotopic (exact) mass is 445 g/mol. The molecule has 7 nitrogen and oxygen atoms in total. The molecule has 0 saturated heterocycles. The Hall–Kier alpha value is -3.68. The third-order valence-corrected chi connectivity index (χ3v) is 6.59. The van der Waals surface area contributed by atoms with Crippen LogP contribution in [-0.4, -0.2) is 33.3 Å². The highest BCUT2D eigenvalue weighted by Gasteiger charge is 2.46. The van der Waals surface area contributed by atoms with Gasteiger partial charge in [-0.3, -0.25) is 9.59 Å². The summed E-state index contributed by atoms with van der Waals surface area (Å²) in [6, 6.07) is 10.4. The number of rotatable bonds is 4. The van der Waals surface area contributed by atoms with Crippen molar-refractivity contribution >= 4 is 23.3 Å². The second-order valence-corrected chi connectivity index (χ2v) is 8.68. The third kappa shape index (κ3) is 3.86. The molecule has 1 aromatic carbocycles. The largest absolute Gasteiger partial charge is 0.310 e. The van der Waals surface area contributed by atoms with Crippen LogP contribution in [0.5, 0.6) is 0 Å². The maximum atomic E-state index is 13.2. The summed E-state index contributed by atoms with van der Waals surface area (Å²) in [6.07, 6.45) is 6.77. The number of benzene rings is 1. The van der Waals surface area contributed by atoms with E-state index in [-0.39, 0.29) is 17.6 Å². The number of hydrogen-bond acceptors (Lipinski definition) is 5. The van der Waals surface area contributed by atoms with Crippen molar-refractivity contribution in [3.63, 3.8) is 0 Å². The zero-order valence-electron chi connectivity index (χ0n) is 18.3. The van der Waals surface area contributed by atoms with E-state index in [9.17, 15) is 14.0 Å². The first-order chi connectivity index (χ1) is 16.0. The van der Waals surface area contributed by atoms with E-state index in [1.807, 2.05) is 19.1 Å². The molecule has 3 heterocycles. The number of aromatic nitrogens is 3. The van der Waals surface area contributed by atoms with Crippen LogP contribution in [0.1, 0.15) is 53.1 Å². The Labute approximate surface area is 191 Å². The lowest BCUT2D eigenvalue weighted by Gasteiger charge is -2.41. The molecule has 1 aliphatic heterocycles. The predicted octanol–water partition coefficient (Wildman–Crippen LogP) is 3.97. The molecule has 0 atom stereocenters. The van der Waals surface area contributed by atoms with E-state index < -0.39 is 11.2 Å². The summed E-state index contributed by atoms with van der Waals surface area (Å²) >= 11 is 0. The van der Waals surface area contributed by atoms with Gasteiger partial charge in [0.05, 0.1) is 11.6 Å². The van der Waals surface area contributed by atoms with Crippen molar-refractivity contribution in [3.8, 4) is 0 Å². The molecule has 2 aliphatic rings. The highest BCUT2D eigenvalue weighted by molar-refractivity contribution is 6.04. The van der Waals surface area contributed by atoms with Gasteiger partial charge in [0.15, 0.2) is 0 Å². The van der Waals surface area contributed by atoms with Crippen molar-refractivity contribution in [3.05, 3.63) is 77.3 Å². The van der Waals surface area contributed by atoms with Crippen LogP contribution < -0.4 is 10.2 Å². The van der Waals surface area contributed by atoms with Crippen LogP contribution in [0.15, 0.2) is 48.8 Å². The molecule has 0 unspecified atom stereocenters. The summed E-state index contributed by atoms with van der Waals surface area (Å²) in [5.74, 6) is -0.277. The van der Waals surface area contributed by atoms with Gasteiger partial charge in [0.1, 0.15) is 11.6 Å². The predicted molar refractivity (Wildman–Crippen MR) is 122 cm³/mol. The highest BCUT2D eigenvalue weighted by Crippen LogP contribution is 2.46. The van der Waals surface area contributed by atoms with Crippen molar-refractivity contribution in [2.75, 3.05) is 16.8 Å². The van der Waals surface area contributed by atoms with E-state index in [4.69, 9.17) is 0 Å². The average Bonchev–Trinajstić information content (AvgIpc) is 2.79. The smallest absolute Gasteiger partial charge is 0.296 e. The molecule has 168 valence electrons. The molecule has 0 bridgehead atoms. The van der Waals surface area contributed by atoms with E-state index in [2.05, 4.69) is 26.3 Å². The lowest BCUT2D eigenvalue weighted by molar-refractivity contribution is -0.124. The van der Waals surface area contributed by atoms with Crippen molar-refractivity contribution in [1.82, 2.24) is 15.0 Å². The molecular formula is C25H24FN5O2. The Bertz CT molecular complexity index is 1220. The average molecular weight is 445 g/mol. The minimum Gasteiger partial charge on any atom is -0.310 e. The Balaban J connectivity index is 1.43. The van der Waals surface area contributed by atoms with Gasteiger partial charge in [-0.25, -0.2) is 19.3 Å². The minimum absolute atomic E-state index is 0.135. The van der Waals surface area contributed by atoms with Crippen LogP contribution in [0.3, 0.4) is 0 Å². The quantitative estimate of drug-likeness (QED) is 0.657. The molecule has 5 rings (SSSR count). The fourth-order valence-corrected chi connectivity index (χ4v) is 4.64. The Morgan fingerprint density at radius 1 is 1.09 bits per heavy atom. The number of pyridine rings is 1. The van der Waals surface area contributed by atoms with E-state index in [0.717, 1.165) is 60.8 Å². The van der Waals surface area contributed by atoms with Gasteiger partial charge in [-0.05, 0) is 68.0 Å². The zero-order valence-corrected chi connectivity index (χ0v) is 18.3. The van der Waals surface area contributed by atoms with Gasteiger partial charge in [0.25, 0.3) is 5.91 Å². The SMILES string of the molecule is Cc1ccnc(C(=O)N2CCCc3cc(C4(C(=O)Nc5ccc(F)cn5)CCC4)ccc32)n1. The Morgan fingerprint density at radius 3 is 2.64 bits per heavy atom. The van der Waals surface area contributed by atoms with Gasteiger partial charge in [-0.1, -0.05) is 18.6 Å². The van der Waals surface area contributed by atoms with E-state index in [1.165, 1.54) is 12.1 Å². The second-order valence-electron chi connectivity index (χ2n) is 8.68. The molecular weight excluding hydrogens is 421 g/mol. The van der Waals surface area contributed by atoms with Gasteiger partial charge >= 0.3 is 0 Å². The number of nitrogens with one attached hydrogen (secondary N) is 1. The summed E-state index contributed by atoms with van der Waals surface area (Å²) in [5, 5.41) is 2.85. The van der Waals surface area contributed by atoms with Gasteiger partial charge in [0, 0.05) is 24.1 Å². The molecule has 0 spiro atoms. The van der Waals surface area contributed by atoms with Crippen LogP contribution in [-0.2, 0) is 16.6 Å². The molecule has 0 radical (unpaired) electrons. The second kappa shape index (κ2) is 8.35. The van der Waals surface area contributed by atoms with Crippen LogP contribution in [0.25, 0.3) is 0 Å². The van der Waals surface area contributed by atoms with Crippen LogP contribution in [0, 0.1) is 12.7 Å². The van der Waals surface area contributed by atoms with Gasteiger partial charge in [-0.15, -0.1) is 0 Å². The first-order valence-electron chi connectivity index (χ1n) is 11.1. The summed E-state index contributed by atoms with van der Waals surface area (Å²) in [6.45, 7) is 2.43. The first-order valence-corrected chi connectivity index (χ1v) is 11.1. The van der Waals surface area contributed by atoms with Crippen molar-refractivity contribution in [2.24, 2.45) is 0 Å². The van der Waals surface area contributed by atoms with E-state index in [1.54, 1.807) is 17.2 Å². The summed E-state index contributed by atoms with van der Waals surface area (Å²) in [4.78, 5) is 40.5. The number of anilines is 2. The fraction of sp³-hybridized carbons (Fsp3) is 0.320. The number of nitrogens with zero attached hydrogens (tertiary/aromatic N) is 4. The molecule has 2 amide bonds. The number of carbonyl (C=O) groups is 2. The molecule has 8 heteroatoms. The summed E-state index contributed by atoms with van der Waals surface area (Å²) in [7, 11) is 0. The third-order valence-electron chi connectivity index (χ3n) is 6.59. The normalized spacial score (nSPS) is 16.5. The van der Waals surface area contributed by atoms with Crippen LogP contribution >= 0.6 is 0 Å². The lowest BCUT2D eigenvalue weighted by atomic mass is 9.63. The van der Waals surface area contributed by atoms with Crippen LogP contribution in [0.2, 0.25) is 0 Å². The van der Waals surface area contributed by atoms with E-state index >= 15 is 0 Å². The van der Waals surface area contributed by atoms with Crippen molar-refractivity contribution in [2.45, 2.75) is 44.4 Å². The van der Waals surface area contributed by atoms with Gasteiger partial charge < -0.3 is 10.2 Å². The molecule has 1 aliphatic carbocycles. The molecule has 2 aromatic heterocycles. The number of hydrogen-bond donors (Lipinski definition) is 1. The molecule has 33 heavy (non-hydrogen) atoms. The van der Waals surface area contributed by atoms with Gasteiger partial charge in [-0.2, -0.15) is 0 Å². The zero-order chi connectivity index (χ0) is 23.0. The molecule has 3 aromatic rings. The van der Waals surface area contributed by atoms with Crippen molar-refractivity contribution in [1.29, 1.82) is 0 Å². The summed E-state index contributed by atoms with van der Waals surface area (Å²) < 4.78 is 13.2. The minimum atomic E-state index is -0.642. The number of aryl methyl sites for hydroxylation is 2. The standard InChI is InChI=1S/C25H24FN5O2/c1-16-9-12-27-22(29-16)23(32)31-13-2-4-17-14-18(5-7-20(17)31)25(10-3-11-25)24(33)30-21-8-6-19(26)15-28-21/h5-9,12,14-15H,2-4,10-11,13H2,1H3,(H,28,30,33). The number of fused-ring (bicyclic) bond motifs is 1. The number of amides is 2. The van der Waals surface area contributed by atoms with E-state index in [0.29, 0.717) is 12.4 Å². The summed E-state index contributed by atoms with van der Waals surface area (Å²) in [5.41, 5.74) is 2.92. The van der Waals surface area contributed by atoms with Crippen LogP contribution in [0.4, 0.5) is 15.9 Å². The first kappa shape index (κ1) is 21.2. The topological polar surface area (TPSA) is 88.1 Å². The lowest BCUT2D eigenvalue weighted by Crippen LogP contribution is -2.46. The van der Waals surface area contributed by atoms with Crippen molar-refractivity contribution < 1.29 is 14.0 Å². The number of carbonyl (C=O) groups excluding carboxylic acids is 2. The molecule has 1 saturated carbocycles. The number of halogens is 1. The van der Waals surface area contributed by atoms with Gasteiger partial charge in [0.2, 0.25) is 11.7 Å². The molecule has 1 N–H and O–H groups in total. The maximum Gasteiger partial charge on any atom is 0.296 e.